The van der Waals surface area contributed by atoms with E-state index in [2.05, 4.69) is 5.32 Å². The molecule has 0 unspecified atom stereocenters. The molecule has 0 atom stereocenters. The molecule has 2 amide bonds. The van der Waals surface area contributed by atoms with Crippen LogP contribution in [-0.4, -0.2) is 18.9 Å². The first-order valence-electron chi connectivity index (χ1n) is 5.39. The molecule has 0 aromatic heterocycles. The van der Waals surface area contributed by atoms with Gasteiger partial charge < -0.3 is 15.8 Å². The average Bonchev–Trinajstić information content (AvgIpc) is 2.29. The Hall–Kier alpha value is -1.75. The molecule has 0 radical (unpaired) electrons. The molecule has 1 aromatic carbocycles. The molecule has 0 heterocycles. The smallest absolute Gasteiger partial charge is 0.252 e. The fraction of sp³-hybridized carbons (Fsp3) is 0.333. The molecular formula is C12H15ClN2O3. The first kappa shape index (κ1) is 14.3. The summed E-state index contributed by atoms with van der Waals surface area (Å²) in [5, 5.41) is 2.89. The quantitative estimate of drug-likeness (QED) is 0.878. The van der Waals surface area contributed by atoms with Crippen molar-refractivity contribution in [2.45, 2.75) is 20.3 Å². The van der Waals surface area contributed by atoms with E-state index in [9.17, 15) is 9.59 Å². The number of halogens is 1. The zero-order chi connectivity index (χ0) is 13.9. The van der Waals surface area contributed by atoms with Gasteiger partial charge >= 0.3 is 0 Å². The molecule has 0 aliphatic heterocycles. The second-order valence-electron chi connectivity index (χ2n) is 3.69. The number of hydrogen-bond acceptors (Lipinski definition) is 3. The number of methoxy groups -OCH3 is 1. The van der Waals surface area contributed by atoms with Crippen LogP contribution in [0.2, 0.25) is 5.02 Å². The van der Waals surface area contributed by atoms with Gasteiger partial charge in [-0.3, -0.25) is 9.59 Å². The molecule has 18 heavy (non-hydrogen) atoms. The molecule has 1 aromatic rings. The number of hydrogen-bond donors (Lipinski definition) is 2. The summed E-state index contributed by atoms with van der Waals surface area (Å²) in [6.07, 6.45) is 0.541. The maximum absolute atomic E-state index is 11.3. The van der Waals surface area contributed by atoms with E-state index in [1.165, 1.54) is 20.1 Å². The number of carbonyl (C=O) groups is 2. The van der Waals surface area contributed by atoms with Gasteiger partial charge in [0.1, 0.15) is 5.75 Å². The van der Waals surface area contributed by atoms with Gasteiger partial charge in [0.2, 0.25) is 5.91 Å². The summed E-state index contributed by atoms with van der Waals surface area (Å²) in [5.41, 5.74) is 6.57. The number of primary amides is 1. The van der Waals surface area contributed by atoms with Gasteiger partial charge in [0.05, 0.1) is 23.4 Å². The van der Waals surface area contributed by atoms with E-state index in [1.807, 2.05) is 6.92 Å². The molecule has 6 heteroatoms. The van der Waals surface area contributed by atoms with Crippen molar-refractivity contribution in [2.24, 2.45) is 5.73 Å². The fourth-order valence-corrected chi connectivity index (χ4v) is 2.02. The minimum Gasteiger partial charge on any atom is -0.496 e. The van der Waals surface area contributed by atoms with E-state index in [1.54, 1.807) is 0 Å². The van der Waals surface area contributed by atoms with Crippen molar-refractivity contribution in [2.75, 3.05) is 12.4 Å². The van der Waals surface area contributed by atoms with Crippen LogP contribution >= 0.6 is 11.6 Å². The van der Waals surface area contributed by atoms with Gasteiger partial charge in [-0.05, 0) is 12.5 Å². The highest BCUT2D eigenvalue weighted by Crippen LogP contribution is 2.37. The molecule has 0 saturated heterocycles. The number of nitrogens with one attached hydrogen (secondary N) is 1. The highest BCUT2D eigenvalue weighted by molar-refractivity contribution is 6.34. The van der Waals surface area contributed by atoms with E-state index in [0.717, 1.165) is 0 Å². The van der Waals surface area contributed by atoms with Crippen molar-refractivity contribution in [3.05, 3.63) is 22.2 Å². The minimum atomic E-state index is -0.627. The third-order valence-corrected chi connectivity index (χ3v) is 2.75. The summed E-state index contributed by atoms with van der Waals surface area (Å²) in [5.74, 6) is -0.531. The standard InChI is InChI=1S/C12H15ClN2O3/c1-4-7-10(15-6(2)16)9(13)5-8(12(14)17)11(7)18-3/h5H,4H2,1-3H3,(H2,14,17)(H,15,16). The predicted octanol–water partition coefficient (Wildman–Crippen LogP) is 1.97. The largest absolute Gasteiger partial charge is 0.496 e. The predicted molar refractivity (Wildman–Crippen MR) is 70.2 cm³/mol. The first-order valence-corrected chi connectivity index (χ1v) is 5.76. The zero-order valence-electron chi connectivity index (χ0n) is 10.5. The number of anilines is 1. The van der Waals surface area contributed by atoms with E-state index < -0.39 is 5.91 Å². The van der Waals surface area contributed by atoms with Crippen molar-refractivity contribution < 1.29 is 14.3 Å². The third-order valence-electron chi connectivity index (χ3n) is 2.45. The molecule has 0 aliphatic carbocycles. The Kier molecular flexibility index (Phi) is 4.55. The lowest BCUT2D eigenvalue weighted by Gasteiger charge is -2.17. The van der Waals surface area contributed by atoms with Crippen molar-refractivity contribution in [1.29, 1.82) is 0 Å². The van der Waals surface area contributed by atoms with Gasteiger partial charge in [-0.2, -0.15) is 0 Å². The van der Waals surface area contributed by atoms with Crippen molar-refractivity contribution in [3.63, 3.8) is 0 Å². The van der Waals surface area contributed by atoms with Crippen LogP contribution in [0.25, 0.3) is 0 Å². The van der Waals surface area contributed by atoms with Gasteiger partial charge in [-0.15, -0.1) is 0 Å². The van der Waals surface area contributed by atoms with Gasteiger partial charge in [-0.1, -0.05) is 18.5 Å². The summed E-state index contributed by atoms with van der Waals surface area (Å²) in [6, 6.07) is 1.40. The normalized spacial score (nSPS) is 10.0. The van der Waals surface area contributed by atoms with Crippen LogP contribution in [0.4, 0.5) is 5.69 Å². The molecule has 0 saturated carbocycles. The maximum atomic E-state index is 11.3. The van der Waals surface area contributed by atoms with Crippen molar-refractivity contribution >= 4 is 29.1 Å². The highest BCUT2D eigenvalue weighted by atomic mass is 35.5. The third kappa shape index (κ3) is 2.73. The lowest BCUT2D eigenvalue weighted by molar-refractivity contribution is -0.114. The first-order chi connectivity index (χ1) is 8.42. The lowest BCUT2D eigenvalue weighted by atomic mass is 10.0. The van der Waals surface area contributed by atoms with Crippen LogP contribution in [0, 0.1) is 0 Å². The van der Waals surface area contributed by atoms with E-state index in [-0.39, 0.29) is 16.5 Å². The molecule has 98 valence electrons. The maximum Gasteiger partial charge on any atom is 0.252 e. The number of rotatable bonds is 4. The monoisotopic (exact) mass is 270 g/mol. The van der Waals surface area contributed by atoms with E-state index >= 15 is 0 Å². The SMILES string of the molecule is CCc1c(NC(C)=O)c(Cl)cc(C(N)=O)c1OC. The Morgan fingerprint density at radius 3 is 2.50 bits per heavy atom. The number of ether oxygens (including phenoxy) is 1. The fourth-order valence-electron chi connectivity index (χ4n) is 1.75. The second-order valence-corrected chi connectivity index (χ2v) is 4.10. The molecule has 3 N–H and O–H groups in total. The summed E-state index contributed by atoms with van der Waals surface area (Å²) < 4.78 is 5.20. The molecule has 5 nitrogen and oxygen atoms in total. The summed E-state index contributed by atoms with van der Waals surface area (Å²) >= 11 is 6.05. The molecule has 0 bridgehead atoms. The Morgan fingerprint density at radius 1 is 1.50 bits per heavy atom. The molecule has 1 rings (SSSR count). The lowest BCUT2D eigenvalue weighted by Crippen LogP contribution is -2.16. The molecule has 0 spiro atoms. The zero-order valence-corrected chi connectivity index (χ0v) is 11.2. The van der Waals surface area contributed by atoms with Gasteiger partial charge in [-0.25, -0.2) is 0 Å². The van der Waals surface area contributed by atoms with Crippen molar-refractivity contribution in [1.82, 2.24) is 0 Å². The van der Waals surface area contributed by atoms with Crippen LogP contribution in [0.1, 0.15) is 29.8 Å². The molecule has 0 aliphatic rings. The van der Waals surface area contributed by atoms with Crippen LogP contribution in [-0.2, 0) is 11.2 Å². The number of amides is 2. The molecule has 0 fully saturated rings. The average molecular weight is 271 g/mol. The van der Waals surface area contributed by atoms with Crippen LogP contribution in [0.3, 0.4) is 0 Å². The van der Waals surface area contributed by atoms with Gasteiger partial charge in [0.15, 0.2) is 0 Å². The summed E-state index contributed by atoms with van der Waals surface area (Å²) in [4.78, 5) is 22.5. The second kappa shape index (κ2) is 5.73. The number of benzene rings is 1. The van der Waals surface area contributed by atoms with Gasteiger partial charge in [0.25, 0.3) is 5.91 Å². The van der Waals surface area contributed by atoms with Crippen LogP contribution in [0.5, 0.6) is 5.75 Å². The van der Waals surface area contributed by atoms with E-state index in [0.29, 0.717) is 23.4 Å². The number of nitrogens with two attached hydrogens (primary N) is 1. The Morgan fingerprint density at radius 2 is 2.11 bits per heavy atom. The Labute approximate surface area is 110 Å². The van der Waals surface area contributed by atoms with Gasteiger partial charge in [0, 0.05) is 12.5 Å². The highest BCUT2D eigenvalue weighted by Gasteiger charge is 2.20. The Bertz CT molecular complexity index is 501. The minimum absolute atomic E-state index is 0.202. The topological polar surface area (TPSA) is 81.4 Å². The summed E-state index contributed by atoms with van der Waals surface area (Å²) in [6.45, 7) is 3.24. The molecular weight excluding hydrogens is 256 g/mol. The van der Waals surface area contributed by atoms with Crippen LogP contribution < -0.4 is 15.8 Å². The number of carbonyl (C=O) groups excluding carboxylic acids is 2. The van der Waals surface area contributed by atoms with Crippen molar-refractivity contribution in [3.8, 4) is 5.75 Å². The summed E-state index contributed by atoms with van der Waals surface area (Å²) in [7, 11) is 1.44. The van der Waals surface area contributed by atoms with E-state index in [4.69, 9.17) is 22.1 Å². The Balaban J connectivity index is 3.54. The van der Waals surface area contributed by atoms with Crippen LogP contribution in [0.15, 0.2) is 6.07 Å².